The van der Waals surface area contributed by atoms with Gasteiger partial charge in [0.1, 0.15) is 22.9 Å². The molecule has 0 saturated carbocycles. The van der Waals surface area contributed by atoms with E-state index in [9.17, 15) is 9.18 Å². The molecule has 1 unspecified atom stereocenters. The van der Waals surface area contributed by atoms with Crippen molar-refractivity contribution in [2.75, 3.05) is 13.1 Å². The van der Waals surface area contributed by atoms with Crippen LogP contribution in [0.4, 0.5) is 4.39 Å². The number of benzene rings is 1. The zero-order chi connectivity index (χ0) is 21.0. The Morgan fingerprint density at radius 2 is 1.86 bits per heavy atom. The molecule has 0 amide bonds. The number of halogens is 1. The van der Waals surface area contributed by atoms with Crippen molar-refractivity contribution in [1.82, 2.24) is 14.9 Å². The van der Waals surface area contributed by atoms with Crippen LogP contribution in [0.15, 0.2) is 36.7 Å². The number of likely N-dealkylation sites (tertiary alicyclic amines) is 1. The van der Waals surface area contributed by atoms with E-state index in [0.29, 0.717) is 18.0 Å². The number of aromatic nitrogens is 2. The third kappa shape index (κ3) is 5.60. The first kappa shape index (κ1) is 21.4. The van der Waals surface area contributed by atoms with E-state index >= 15 is 0 Å². The average molecular weight is 400 g/mol. The maximum Gasteiger partial charge on any atom is 0.237 e. The number of rotatable bonds is 6. The highest BCUT2D eigenvalue weighted by Gasteiger charge is 2.30. The van der Waals surface area contributed by atoms with Crippen LogP contribution in [-0.2, 0) is 11.3 Å². The van der Waals surface area contributed by atoms with Crippen LogP contribution in [0, 0.1) is 11.7 Å². The average Bonchev–Trinajstić information content (AvgIpc) is 2.68. The fourth-order valence-corrected chi connectivity index (χ4v) is 3.76. The lowest BCUT2D eigenvalue weighted by atomic mass is 9.83. The van der Waals surface area contributed by atoms with Crippen LogP contribution in [0.25, 0.3) is 0 Å². The molecule has 0 N–H and O–H groups in total. The normalized spacial score (nSPS) is 17.1. The van der Waals surface area contributed by atoms with Crippen LogP contribution in [0.5, 0.6) is 5.88 Å². The molecule has 1 saturated heterocycles. The van der Waals surface area contributed by atoms with Crippen LogP contribution in [0.3, 0.4) is 0 Å². The molecule has 1 aromatic carbocycles. The quantitative estimate of drug-likeness (QED) is 0.722. The van der Waals surface area contributed by atoms with Crippen LogP contribution in [0.1, 0.15) is 57.7 Å². The fraction of sp³-hybridized carbons (Fsp3) is 0.522. The molecule has 0 spiro atoms. The first-order valence-corrected chi connectivity index (χ1v) is 10.2. The van der Waals surface area contributed by atoms with Gasteiger partial charge in [-0.1, -0.05) is 25.1 Å². The van der Waals surface area contributed by atoms with Gasteiger partial charge in [0.25, 0.3) is 0 Å². The van der Waals surface area contributed by atoms with Crippen molar-refractivity contribution in [3.63, 3.8) is 0 Å². The molecule has 1 aliphatic rings. The SMILES string of the molecule is CC(C(=O)C1CCN(Cc2nccnc2OC(C)(C)C)CC1)c1ccccc1F. The summed E-state index contributed by atoms with van der Waals surface area (Å²) in [6.07, 6.45) is 4.86. The zero-order valence-electron chi connectivity index (χ0n) is 17.7. The predicted octanol–water partition coefficient (Wildman–Crippen LogP) is 4.38. The molecule has 1 atom stereocenters. The highest BCUT2D eigenvalue weighted by atomic mass is 19.1. The molecule has 2 aromatic rings. The molecule has 3 rings (SSSR count). The first-order chi connectivity index (χ1) is 13.7. The van der Waals surface area contributed by atoms with Crippen molar-refractivity contribution in [2.45, 2.75) is 58.6 Å². The van der Waals surface area contributed by atoms with Gasteiger partial charge in [-0.05, 0) is 58.3 Å². The lowest BCUT2D eigenvalue weighted by Gasteiger charge is -2.32. The highest BCUT2D eigenvalue weighted by Crippen LogP contribution is 2.29. The Labute approximate surface area is 172 Å². The number of nitrogens with zero attached hydrogens (tertiary/aromatic N) is 3. The number of ether oxygens (including phenoxy) is 1. The van der Waals surface area contributed by atoms with E-state index in [1.807, 2.05) is 27.7 Å². The van der Waals surface area contributed by atoms with Crippen LogP contribution in [0.2, 0.25) is 0 Å². The van der Waals surface area contributed by atoms with E-state index in [4.69, 9.17) is 4.74 Å². The molecule has 0 bridgehead atoms. The van der Waals surface area contributed by atoms with Crippen molar-refractivity contribution in [2.24, 2.45) is 5.92 Å². The standard InChI is InChI=1S/C23H30FN3O2/c1-16(18-7-5-6-8-19(18)24)21(28)17-9-13-27(14-10-17)15-20-22(26-12-11-25-20)29-23(2,3)4/h5-8,11-12,16-17H,9-10,13-15H2,1-4H3. The molecule has 1 fully saturated rings. The van der Waals surface area contributed by atoms with Gasteiger partial charge in [0.2, 0.25) is 5.88 Å². The van der Waals surface area contributed by atoms with E-state index in [-0.39, 0.29) is 23.1 Å². The van der Waals surface area contributed by atoms with Gasteiger partial charge in [-0.25, -0.2) is 9.37 Å². The minimum Gasteiger partial charge on any atom is -0.471 e. The lowest BCUT2D eigenvalue weighted by molar-refractivity contribution is -0.125. The summed E-state index contributed by atoms with van der Waals surface area (Å²) in [4.78, 5) is 24.0. The van der Waals surface area contributed by atoms with Gasteiger partial charge in [0.05, 0.1) is 0 Å². The van der Waals surface area contributed by atoms with Crippen molar-refractivity contribution in [3.8, 4) is 5.88 Å². The number of carbonyl (C=O) groups is 1. The molecular formula is C23H30FN3O2. The summed E-state index contributed by atoms with van der Waals surface area (Å²) in [5, 5.41) is 0. The molecule has 0 aliphatic carbocycles. The second-order valence-corrected chi connectivity index (χ2v) is 8.72. The smallest absolute Gasteiger partial charge is 0.237 e. The predicted molar refractivity (Wildman–Crippen MR) is 110 cm³/mol. The molecule has 5 nitrogen and oxygen atoms in total. The third-order valence-corrected chi connectivity index (χ3v) is 5.30. The lowest BCUT2D eigenvalue weighted by Crippen LogP contribution is -2.37. The molecule has 1 aliphatic heterocycles. The van der Waals surface area contributed by atoms with Crippen LogP contribution >= 0.6 is 0 Å². The molecule has 2 heterocycles. The topological polar surface area (TPSA) is 55.3 Å². The number of carbonyl (C=O) groups excluding carboxylic acids is 1. The van der Waals surface area contributed by atoms with Gasteiger partial charge < -0.3 is 4.74 Å². The summed E-state index contributed by atoms with van der Waals surface area (Å²) in [5.74, 6) is -0.0651. The maximum atomic E-state index is 14.0. The van der Waals surface area contributed by atoms with Gasteiger partial charge in [-0.3, -0.25) is 14.7 Å². The zero-order valence-corrected chi connectivity index (χ0v) is 17.7. The Hall–Kier alpha value is -2.34. The number of ketones is 1. The Morgan fingerprint density at radius 3 is 2.52 bits per heavy atom. The maximum absolute atomic E-state index is 14.0. The van der Waals surface area contributed by atoms with E-state index in [1.165, 1.54) is 6.07 Å². The molecular weight excluding hydrogens is 369 g/mol. The summed E-state index contributed by atoms with van der Waals surface area (Å²) in [6, 6.07) is 6.55. The van der Waals surface area contributed by atoms with E-state index in [0.717, 1.165) is 31.6 Å². The summed E-state index contributed by atoms with van der Waals surface area (Å²) < 4.78 is 20.0. The Kier molecular flexibility index (Phi) is 6.63. The van der Waals surface area contributed by atoms with E-state index < -0.39 is 5.92 Å². The molecule has 1 aromatic heterocycles. The molecule has 6 heteroatoms. The monoisotopic (exact) mass is 399 g/mol. The minimum atomic E-state index is -0.417. The highest BCUT2D eigenvalue weighted by molar-refractivity contribution is 5.87. The van der Waals surface area contributed by atoms with Crippen LogP contribution < -0.4 is 4.74 Å². The van der Waals surface area contributed by atoms with Gasteiger partial charge >= 0.3 is 0 Å². The summed E-state index contributed by atoms with van der Waals surface area (Å²) in [7, 11) is 0. The van der Waals surface area contributed by atoms with Gasteiger partial charge in [0.15, 0.2) is 0 Å². The van der Waals surface area contributed by atoms with Crippen molar-refractivity contribution < 1.29 is 13.9 Å². The van der Waals surface area contributed by atoms with Gasteiger partial charge in [-0.2, -0.15) is 0 Å². The second kappa shape index (κ2) is 8.99. The Bertz CT molecular complexity index is 842. The molecule has 29 heavy (non-hydrogen) atoms. The minimum absolute atomic E-state index is 0.0343. The van der Waals surface area contributed by atoms with Crippen molar-refractivity contribution >= 4 is 5.78 Å². The van der Waals surface area contributed by atoms with E-state index in [2.05, 4.69) is 14.9 Å². The Balaban J connectivity index is 1.59. The van der Waals surface area contributed by atoms with Crippen molar-refractivity contribution in [1.29, 1.82) is 0 Å². The van der Waals surface area contributed by atoms with E-state index in [1.54, 1.807) is 30.6 Å². The molecule has 0 radical (unpaired) electrons. The number of hydrogen-bond donors (Lipinski definition) is 0. The number of hydrogen-bond acceptors (Lipinski definition) is 5. The van der Waals surface area contributed by atoms with Crippen LogP contribution in [-0.4, -0.2) is 39.3 Å². The third-order valence-electron chi connectivity index (χ3n) is 5.30. The summed E-state index contributed by atoms with van der Waals surface area (Å²) in [6.45, 7) is 10.0. The first-order valence-electron chi connectivity index (χ1n) is 10.2. The summed E-state index contributed by atoms with van der Waals surface area (Å²) in [5.41, 5.74) is 0.961. The van der Waals surface area contributed by atoms with Gasteiger partial charge in [0, 0.05) is 30.8 Å². The fourth-order valence-electron chi connectivity index (χ4n) is 3.76. The van der Waals surface area contributed by atoms with Gasteiger partial charge in [-0.15, -0.1) is 0 Å². The molecule has 156 valence electrons. The number of Topliss-reactive ketones (excluding diaryl/α,β-unsaturated/α-hetero) is 1. The second-order valence-electron chi connectivity index (χ2n) is 8.72. The largest absolute Gasteiger partial charge is 0.471 e. The summed E-state index contributed by atoms with van der Waals surface area (Å²) >= 11 is 0. The number of piperidine rings is 1. The Morgan fingerprint density at radius 1 is 1.21 bits per heavy atom. The van der Waals surface area contributed by atoms with Crippen molar-refractivity contribution in [3.05, 3.63) is 53.7 Å².